The van der Waals surface area contributed by atoms with Gasteiger partial charge in [0.2, 0.25) is 0 Å². The summed E-state index contributed by atoms with van der Waals surface area (Å²) in [6.45, 7) is 0.796. The van der Waals surface area contributed by atoms with Crippen LogP contribution >= 0.6 is 15.9 Å². The fraction of sp³-hybridized carbons (Fsp3) is 0.650. The van der Waals surface area contributed by atoms with Gasteiger partial charge in [0.15, 0.2) is 0 Å². The number of unbranched alkanes of at least 4 members (excludes halogenated alkanes) is 9. The van der Waals surface area contributed by atoms with Gasteiger partial charge in [-0.1, -0.05) is 79.4 Å². The second kappa shape index (κ2) is 14.6. The Labute approximate surface area is 150 Å². The van der Waals surface area contributed by atoms with Crippen molar-refractivity contribution < 1.29 is 4.74 Å². The molecule has 0 N–H and O–H groups in total. The summed E-state index contributed by atoms with van der Waals surface area (Å²) in [6, 6.07) is 10.0. The number of benzene rings is 1. The molecule has 0 spiro atoms. The lowest BCUT2D eigenvalue weighted by molar-refractivity contribution is 0.304. The Kier molecular flexibility index (Phi) is 12.7. The van der Waals surface area contributed by atoms with Crippen LogP contribution in [0.25, 0.3) is 0 Å². The molecule has 0 aliphatic heterocycles. The van der Waals surface area contributed by atoms with Gasteiger partial charge in [0.25, 0.3) is 0 Å². The van der Waals surface area contributed by atoms with Gasteiger partial charge in [0, 0.05) is 5.33 Å². The fourth-order valence-corrected chi connectivity index (χ4v) is 2.99. The summed E-state index contributed by atoms with van der Waals surface area (Å²) < 4.78 is 5.74. The minimum atomic E-state index is 0.469. The molecular weight excluding hydrogens is 350 g/mol. The quantitative estimate of drug-likeness (QED) is 0.275. The molecule has 1 rings (SSSR count). The van der Waals surface area contributed by atoms with E-state index in [0.29, 0.717) is 6.42 Å². The van der Waals surface area contributed by atoms with E-state index in [0.717, 1.165) is 29.7 Å². The minimum absolute atomic E-state index is 0.469. The van der Waals surface area contributed by atoms with Gasteiger partial charge in [-0.05, 0) is 30.5 Å². The third-order valence-electron chi connectivity index (χ3n) is 4.00. The van der Waals surface area contributed by atoms with E-state index in [-0.39, 0.29) is 0 Å². The van der Waals surface area contributed by atoms with Crippen LogP contribution in [0.15, 0.2) is 24.3 Å². The molecule has 1 aromatic carbocycles. The number of alkyl halides is 1. The predicted molar refractivity (Wildman–Crippen MR) is 101 cm³/mol. The van der Waals surface area contributed by atoms with Crippen molar-refractivity contribution in [1.29, 1.82) is 5.26 Å². The molecule has 2 nitrogen and oxygen atoms in total. The molecule has 0 aromatic heterocycles. The molecule has 128 valence electrons. The molecule has 3 heteroatoms. The predicted octanol–water partition coefficient (Wildman–Crippen LogP) is 6.43. The first kappa shape index (κ1) is 20.0. The van der Waals surface area contributed by atoms with Crippen LogP contribution in [-0.2, 0) is 6.42 Å². The highest BCUT2D eigenvalue weighted by Gasteiger charge is 1.96. The number of nitriles is 1. The van der Waals surface area contributed by atoms with Gasteiger partial charge >= 0.3 is 0 Å². The molecule has 0 unspecified atom stereocenters. The second-order valence-corrected chi connectivity index (χ2v) is 6.84. The first-order valence-corrected chi connectivity index (χ1v) is 10.1. The monoisotopic (exact) mass is 379 g/mol. The number of hydrogen-bond acceptors (Lipinski definition) is 2. The Balaban J connectivity index is 1.89. The number of rotatable bonds is 14. The molecular formula is C20H30BrNO. The molecule has 0 aliphatic carbocycles. The van der Waals surface area contributed by atoms with Crippen molar-refractivity contribution in [3.63, 3.8) is 0 Å². The second-order valence-electron chi connectivity index (χ2n) is 6.05. The van der Waals surface area contributed by atoms with E-state index < -0.39 is 0 Å². The minimum Gasteiger partial charge on any atom is -0.494 e. The third-order valence-corrected chi connectivity index (χ3v) is 4.56. The Morgan fingerprint density at radius 1 is 0.783 bits per heavy atom. The van der Waals surface area contributed by atoms with Crippen LogP contribution in [0.2, 0.25) is 0 Å². The molecule has 1 aromatic rings. The smallest absolute Gasteiger partial charge is 0.119 e. The van der Waals surface area contributed by atoms with Gasteiger partial charge in [-0.25, -0.2) is 0 Å². The molecule has 0 heterocycles. The largest absolute Gasteiger partial charge is 0.494 e. The first-order chi connectivity index (χ1) is 11.4. The Bertz CT molecular complexity index is 424. The van der Waals surface area contributed by atoms with Gasteiger partial charge < -0.3 is 4.74 Å². The summed E-state index contributed by atoms with van der Waals surface area (Å²) >= 11 is 3.48. The maximum atomic E-state index is 8.63. The molecule has 0 atom stereocenters. The van der Waals surface area contributed by atoms with Gasteiger partial charge in [-0.2, -0.15) is 5.26 Å². The van der Waals surface area contributed by atoms with Gasteiger partial charge in [0.05, 0.1) is 19.1 Å². The summed E-state index contributed by atoms with van der Waals surface area (Å²) in [5, 5.41) is 9.78. The van der Waals surface area contributed by atoms with Crippen molar-refractivity contribution in [2.75, 3.05) is 11.9 Å². The zero-order chi connectivity index (χ0) is 16.6. The van der Waals surface area contributed by atoms with Gasteiger partial charge in [0.1, 0.15) is 5.75 Å². The lowest BCUT2D eigenvalue weighted by Gasteiger charge is -2.06. The van der Waals surface area contributed by atoms with Crippen molar-refractivity contribution in [1.82, 2.24) is 0 Å². The Morgan fingerprint density at radius 3 is 1.83 bits per heavy atom. The summed E-state index contributed by atoms with van der Waals surface area (Å²) in [6.07, 6.45) is 13.8. The number of ether oxygens (including phenoxy) is 1. The van der Waals surface area contributed by atoms with E-state index >= 15 is 0 Å². The maximum absolute atomic E-state index is 8.63. The standard InChI is InChI=1S/C20H30BrNO/c21-16-9-7-5-3-1-2-4-6-8-10-18-23-20-13-11-19(12-14-20)15-17-22/h11-14H,1-10,15-16,18H2. The zero-order valence-corrected chi connectivity index (χ0v) is 15.8. The Hall–Kier alpha value is -1.01. The van der Waals surface area contributed by atoms with Crippen LogP contribution in [0.3, 0.4) is 0 Å². The van der Waals surface area contributed by atoms with Crippen molar-refractivity contribution in [2.24, 2.45) is 0 Å². The van der Waals surface area contributed by atoms with Crippen molar-refractivity contribution in [3.8, 4) is 11.8 Å². The van der Waals surface area contributed by atoms with E-state index in [1.807, 2.05) is 24.3 Å². The summed E-state index contributed by atoms with van der Waals surface area (Å²) in [4.78, 5) is 0. The Morgan fingerprint density at radius 2 is 1.30 bits per heavy atom. The number of hydrogen-bond donors (Lipinski definition) is 0. The SMILES string of the molecule is N#CCc1ccc(OCCCCCCCCCCCCBr)cc1. The fourth-order valence-electron chi connectivity index (χ4n) is 2.60. The maximum Gasteiger partial charge on any atom is 0.119 e. The average Bonchev–Trinajstić information content (AvgIpc) is 2.57. The average molecular weight is 380 g/mol. The third kappa shape index (κ3) is 11.2. The van der Waals surface area contributed by atoms with Crippen molar-refractivity contribution >= 4 is 15.9 Å². The molecule has 0 fully saturated rings. The van der Waals surface area contributed by atoms with Crippen LogP contribution in [0.5, 0.6) is 5.75 Å². The highest BCUT2D eigenvalue weighted by Crippen LogP contribution is 2.14. The van der Waals surface area contributed by atoms with E-state index in [9.17, 15) is 0 Å². The molecule has 0 bridgehead atoms. The van der Waals surface area contributed by atoms with E-state index in [1.165, 1.54) is 57.8 Å². The summed E-state index contributed by atoms with van der Waals surface area (Å²) in [5.41, 5.74) is 1.05. The normalized spacial score (nSPS) is 10.4. The zero-order valence-electron chi connectivity index (χ0n) is 14.2. The van der Waals surface area contributed by atoms with Gasteiger partial charge in [-0.15, -0.1) is 0 Å². The van der Waals surface area contributed by atoms with E-state index in [4.69, 9.17) is 10.00 Å². The molecule has 0 radical (unpaired) electrons. The van der Waals surface area contributed by atoms with Crippen LogP contribution in [0, 0.1) is 11.3 Å². The highest BCUT2D eigenvalue weighted by molar-refractivity contribution is 9.09. The molecule has 23 heavy (non-hydrogen) atoms. The number of halogens is 1. The van der Waals surface area contributed by atoms with E-state index in [2.05, 4.69) is 22.0 Å². The summed E-state index contributed by atoms with van der Waals surface area (Å²) in [5.74, 6) is 0.912. The van der Waals surface area contributed by atoms with Crippen molar-refractivity contribution in [3.05, 3.63) is 29.8 Å². The number of nitrogens with zero attached hydrogens (tertiary/aromatic N) is 1. The molecule has 0 saturated carbocycles. The first-order valence-electron chi connectivity index (χ1n) is 9.01. The van der Waals surface area contributed by atoms with Gasteiger partial charge in [-0.3, -0.25) is 0 Å². The van der Waals surface area contributed by atoms with Crippen LogP contribution in [0.1, 0.15) is 69.8 Å². The molecule has 0 amide bonds. The van der Waals surface area contributed by atoms with Crippen molar-refractivity contribution in [2.45, 2.75) is 70.6 Å². The van der Waals surface area contributed by atoms with Crippen LogP contribution in [0.4, 0.5) is 0 Å². The highest BCUT2D eigenvalue weighted by atomic mass is 79.9. The van der Waals surface area contributed by atoms with E-state index in [1.54, 1.807) is 0 Å². The topological polar surface area (TPSA) is 33.0 Å². The van der Waals surface area contributed by atoms with Crippen LogP contribution < -0.4 is 4.74 Å². The molecule has 0 saturated heterocycles. The summed E-state index contributed by atoms with van der Waals surface area (Å²) in [7, 11) is 0. The van der Waals surface area contributed by atoms with Crippen LogP contribution in [-0.4, -0.2) is 11.9 Å². The lowest BCUT2D eigenvalue weighted by atomic mass is 10.1. The molecule has 0 aliphatic rings. The lowest BCUT2D eigenvalue weighted by Crippen LogP contribution is -1.97.